The predicted molar refractivity (Wildman–Crippen MR) is 102 cm³/mol. The molecule has 4 rings (SSSR count). The second-order valence-electron chi connectivity index (χ2n) is 7.74. The van der Waals surface area contributed by atoms with E-state index in [9.17, 15) is 9.90 Å². The molecule has 3 aromatic rings. The summed E-state index contributed by atoms with van der Waals surface area (Å²) in [4.78, 5) is 17.3. The zero-order valence-electron chi connectivity index (χ0n) is 16.3. The van der Waals surface area contributed by atoms with Crippen LogP contribution in [0.2, 0.25) is 0 Å². The van der Waals surface area contributed by atoms with Crippen LogP contribution in [0.4, 0.5) is 16.3 Å². The van der Waals surface area contributed by atoms with E-state index in [1.165, 1.54) is 15.5 Å². The van der Waals surface area contributed by atoms with Crippen LogP contribution in [0.3, 0.4) is 0 Å². The number of hydrogen-bond acceptors (Lipinski definition) is 6. The fraction of sp³-hybridized carbons (Fsp3) is 0.412. The largest absolute Gasteiger partial charge is 0.496 e. The van der Waals surface area contributed by atoms with Crippen LogP contribution in [-0.4, -0.2) is 53.9 Å². The van der Waals surface area contributed by atoms with Crippen LogP contribution in [0, 0.1) is 0 Å². The van der Waals surface area contributed by atoms with Gasteiger partial charge in [0, 0.05) is 31.0 Å². The minimum atomic E-state index is -1.19. The highest BCUT2D eigenvalue weighted by molar-refractivity contribution is 6.62. The Kier molecular flexibility index (Phi) is 3.98. The summed E-state index contributed by atoms with van der Waals surface area (Å²) in [5.74, 6) is 0.256. The van der Waals surface area contributed by atoms with Crippen molar-refractivity contribution in [3.05, 3.63) is 30.9 Å². The van der Waals surface area contributed by atoms with Crippen molar-refractivity contribution >= 4 is 35.8 Å². The van der Waals surface area contributed by atoms with Crippen LogP contribution < -0.4 is 10.4 Å². The average molecular weight is 384 g/mol. The molecule has 0 aromatic carbocycles. The molecule has 0 unspecified atom stereocenters. The maximum atomic E-state index is 12.1. The molecule has 0 bridgehead atoms. The first-order valence-electron chi connectivity index (χ1n) is 8.81. The van der Waals surface area contributed by atoms with Gasteiger partial charge in [0.15, 0.2) is 11.5 Å². The Hall–Kier alpha value is -2.92. The van der Waals surface area contributed by atoms with E-state index < -0.39 is 24.4 Å². The molecular formula is C17H21BN6O4. The quantitative estimate of drug-likeness (QED) is 0.683. The molecule has 1 saturated heterocycles. The van der Waals surface area contributed by atoms with Crippen LogP contribution in [0.5, 0.6) is 0 Å². The zero-order chi connectivity index (χ0) is 20.3. The van der Waals surface area contributed by atoms with Crippen molar-refractivity contribution in [2.45, 2.75) is 38.9 Å². The number of pyridine rings is 1. The van der Waals surface area contributed by atoms with Crippen molar-refractivity contribution in [2.75, 3.05) is 4.90 Å². The lowest BCUT2D eigenvalue weighted by molar-refractivity contribution is 0.00578. The highest BCUT2D eigenvalue weighted by atomic mass is 16.7. The average Bonchev–Trinajstić information content (AvgIpc) is 3.26. The number of nitrogens with zero attached hydrogens (tertiary/aromatic N) is 6. The van der Waals surface area contributed by atoms with E-state index in [-0.39, 0.29) is 5.82 Å². The van der Waals surface area contributed by atoms with Crippen molar-refractivity contribution < 1.29 is 19.2 Å². The van der Waals surface area contributed by atoms with Crippen LogP contribution in [0.25, 0.3) is 5.65 Å². The van der Waals surface area contributed by atoms with E-state index in [0.717, 1.165) is 4.90 Å². The molecule has 0 atom stereocenters. The molecule has 11 heteroatoms. The van der Waals surface area contributed by atoms with Gasteiger partial charge in [0.05, 0.1) is 16.9 Å². The second-order valence-corrected chi connectivity index (χ2v) is 7.74. The smallest absolute Gasteiger partial charge is 0.464 e. The maximum Gasteiger partial charge on any atom is 0.496 e. The van der Waals surface area contributed by atoms with Gasteiger partial charge in [-0.3, -0.25) is 4.68 Å². The minimum Gasteiger partial charge on any atom is -0.464 e. The van der Waals surface area contributed by atoms with Crippen LogP contribution >= 0.6 is 0 Å². The van der Waals surface area contributed by atoms with Gasteiger partial charge in [-0.05, 0) is 33.8 Å². The topological polar surface area (TPSA) is 107 Å². The third-order valence-electron chi connectivity index (χ3n) is 5.26. The Labute approximate surface area is 161 Å². The minimum absolute atomic E-state index is 0.256. The second kappa shape index (κ2) is 6.04. The Morgan fingerprint density at radius 2 is 1.93 bits per heavy atom. The summed E-state index contributed by atoms with van der Waals surface area (Å²) in [6.07, 6.45) is 3.58. The number of anilines is 2. The Morgan fingerprint density at radius 1 is 1.25 bits per heavy atom. The number of amides is 1. The Balaban J connectivity index is 1.85. The molecule has 0 aliphatic carbocycles. The summed E-state index contributed by atoms with van der Waals surface area (Å²) in [5, 5.41) is 18.3. The molecule has 3 aromatic heterocycles. The van der Waals surface area contributed by atoms with E-state index in [0.29, 0.717) is 16.8 Å². The van der Waals surface area contributed by atoms with Crippen LogP contribution in [0.1, 0.15) is 27.7 Å². The summed E-state index contributed by atoms with van der Waals surface area (Å²) in [6, 6.07) is 3.30. The molecular weight excluding hydrogens is 363 g/mol. The van der Waals surface area contributed by atoms with E-state index in [1.807, 2.05) is 27.7 Å². The van der Waals surface area contributed by atoms with E-state index >= 15 is 0 Å². The van der Waals surface area contributed by atoms with E-state index in [4.69, 9.17) is 9.31 Å². The summed E-state index contributed by atoms with van der Waals surface area (Å²) >= 11 is 0. The molecule has 0 spiro atoms. The summed E-state index contributed by atoms with van der Waals surface area (Å²) in [5.41, 5.74) is 0.281. The lowest BCUT2D eigenvalue weighted by atomic mass is 9.80. The van der Waals surface area contributed by atoms with Gasteiger partial charge in [-0.2, -0.15) is 10.2 Å². The normalized spacial score (nSPS) is 18.0. The first-order chi connectivity index (χ1) is 13.1. The Bertz CT molecular complexity index is 1040. The van der Waals surface area contributed by atoms with Gasteiger partial charge in [-0.25, -0.2) is 19.2 Å². The molecule has 1 aliphatic rings. The Morgan fingerprint density at radius 3 is 2.50 bits per heavy atom. The number of fused-ring (bicyclic) bond motifs is 1. The van der Waals surface area contributed by atoms with Gasteiger partial charge in [0.1, 0.15) is 6.33 Å². The number of carboxylic acid groups (broad SMARTS) is 1. The highest BCUT2D eigenvalue weighted by Crippen LogP contribution is 2.37. The van der Waals surface area contributed by atoms with Crippen LogP contribution in [-0.2, 0) is 16.4 Å². The number of aromatic nitrogens is 5. The predicted octanol–water partition coefficient (Wildman–Crippen LogP) is 1.58. The molecule has 1 amide bonds. The van der Waals surface area contributed by atoms with Crippen molar-refractivity contribution in [1.82, 2.24) is 24.4 Å². The monoisotopic (exact) mass is 384 g/mol. The first kappa shape index (κ1) is 18.4. The van der Waals surface area contributed by atoms with Crippen molar-refractivity contribution in [3.63, 3.8) is 0 Å². The molecule has 10 nitrogen and oxygen atoms in total. The molecule has 146 valence electrons. The van der Waals surface area contributed by atoms with Crippen molar-refractivity contribution in [2.24, 2.45) is 7.05 Å². The van der Waals surface area contributed by atoms with E-state index in [1.54, 1.807) is 31.6 Å². The first-order valence-corrected chi connectivity index (χ1v) is 8.81. The third kappa shape index (κ3) is 2.83. The van der Waals surface area contributed by atoms with Gasteiger partial charge in [-0.15, -0.1) is 0 Å². The fourth-order valence-corrected chi connectivity index (χ4v) is 3.05. The summed E-state index contributed by atoms with van der Waals surface area (Å²) in [6.45, 7) is 7.83. The van der Waals surface area contributed by atoms with Crippen molar-refractivity contribution in [1.29, 1.82) is 0 Å². The van der Waals surface area contributed by atoms with Gasteiger partial charge >= 0.3 is 13.2 Å². The molecule has 4 heterocycles. The molecule has 28 heavy (non-hydrogen) atoms. The molecule has 1 aliphatic heterocycles. The lowest BCUT2D eigenvalue weighted by Crippen LogP contribution is -2.41. The molecule has 1 fully saturated rings. The third-order valence-corrected chi connectivity index (χ3v) is 5.26. The summed E-state index contributed by atoms with van der Waals surface area (Å²) < 4.78 is 15.3. The maximum absolute atomic E-state index is 12.1. The lowest BCUT2D eigenvalue weighted by Gasteiger charge is -2.32. The van der Waals surface area contributed by atoms with Gasteiger partial charge in [0.2, 0.25) is 0 Å². The molecule has 0 radical (unpaired) electrons. The molecule has 1 N–H and O–H groups in total. The zero-order valence-corrected chi connectivity index (χ0v) is 16.3. The number of aryl methyl sites for hydroxylation is 1. The van der Waals surface area contributed by atoms with Gasteiger partial charge < -0.3 is 14.4 Å². The highest BCUT2D eigenvalue weighted by Gasteiger charge is 2.52. The summed E-state index contributed by atoms with van der Waals surface area (Å²) in [7, 11) is 1.05. The van der Waals surface area contributed by atoms with E-state index in [2.05, 4.69) is 15.2 Å². The fourth-order valence-electron chi connectivity index (χ4n) is 3.05. The van der Waals surface area contributed by atoms with Crippen molar-refractivity contribution in [3.8, 4) is 0 Å². The van der Waals surface area contributed by atoms with Gasteiger partial charge in [-0.1, -0.05) is 0 Å². The standard InChI is InChI=1S/C17H21BN6O4/c1-16(2)17(3,4)28-18(27-16)11-8-12(14-19-10-20-23(14)9-11)24(15(25)26)13-6-7-22(5)21-13/h6-10H,1-5H3,(H,25,26). The molecule has 0 saturated carbocycles. The number of rotatable bonds is 3. The SMILES string of the molecule is Cn1ccc(N(C(=O)O)c2cc(B3OC(C)(C)C(C)(C)O3)cn3ncnc23)n1. The van der Waals surface area contributed by atoms with Gasteiger partial charge in [0.25, 0.3) is 0 Å². The number of carbonyl (C=O) groups is 1. The van der Waals surface area contributed by atoms with Crippen LogP contribution in [0.15, 0.2) is 30.9 Å². The number of hydrogen-bond donors (Lipinski definition) is 1.